The number of carbonyl (C=O) groups excluding carboxylic acids is 3. The van der Waals surface area contributed by atoms with Crippen molar-refractivity contribution in [3.8, 4) is 0 Å². The molecule has 8 heteroatoms. The number of ether oxygens (including phenoxy) is 1. The number of benzene rings is 2. The highest BCUT2D eigenvalue weighted by Gasteiger charge is 2.30. The van der Waals surface area contributed by atoms with Crippen molar-refractivity contribution in [1.82, 2.24) is 4.90 Å². The van der Waals surface area contributed by atoms with Gasteiger partial charge >= 0.3 is 12.1 Å². The summed E-state index contributed by atoms with van der Waals surface area (Å²) >= 11 is 0. The number of nitrogens with zero attached hydrogens (tertiary/aromatic N) is 1. The zero-order valence-electron chi connectivity index (χ0n) is 18.7. The molecule has 0 spiro atoms. The maximum atomic E-state index is 12.7. The van der Waals surface area contributed by atoms with E-state index in [4.69, 9.17) is 4.74 Å². The fraction of sp³-hybridized carbons (Fsp3) is 0.375. The first-order valence-electron chi connectivity index (χ1n) is 10.7. The van der Waals surface area contributed by atoms with Crippen LogP contribution in [0.2, 0.25) is 0 Å². The summed E-state index contributed by atoms with van der Waals surface area (Å²) in [6, 6.07) is 15.8. The maximum absolute atomic E-state index is 12.7. The van der Waals surface area contributed by atoms with E-state index < -0.39 is 5.60 Å². The van der Waals surface area contributed by atoms with Crippen LogP contribution < -0.4 is 16.0 Å². The minimum absolute atomic E-state index is 0.0975. The molecule has 2 aromatic rings. The van der Waals surface area contributed by atoms with Crippen molar-refractivity contribution in [3.63, 3.8) is 0 Å². The van der Waals surface area contributed by atoms with Gasteiger partial charge in [-0.1, -0.05) is 24.3 Å². The van der Waals surface area contributed by atoms with E-state index in [-0.39, 0.29) is 23.9 Å². The fourth-order valence-corrected chi connectivity index (χ4v) is 3.38. The van der Waals surface area contributed by atoms with E-state index in [0.29, 0.717) is 43.0 Å². The number of rotatable bonds is 4. The molecule has 32 heavy (non-hydrogen) atoms. The van der Waals surface area contributed by atoms with Crippen LogP contribution in [-0.4, -0.2) is 41.6 Å². The Kier molecular flexibility index (Phi) is 7.35. The molecule has 0 aliphatic carbocycles. The van der Waals surface area contributed by atoms with Crippen LogP contribution in [0.15, 0.2) is 54.6 Å². The molecule has 1 saturated heterocycles. The number of amides is 4. The third kappa shape index (κ3) is 7.01. The number of nitrogens with one attached hydrogen (secondary N) is 3. The Morgan fingerprint density at radius 3 is 2.03 bits per heavy atom. The average molecular weight is 439 g/mol. The van der Waals surface area contributed by atoms with Crippen LogP contribution in [-0.2, 0) is 9.53 Å². The number of likely N-dealkylation sites (tertiary alicyclic amines) is 1. The first-order chi connectivity index (χ1) is 15.2. The molecule has 4 amide bonds. The topological polar surface area (TPSA) is 99.8 Å². The van der Waals surface area contributed by atoms with Gasteiger partial charge in [-0.25, -0.2) is 9.59 Å². The number of para-hydroxylation sites is 1. The van der Waals surface area contributed by atoms with Gasteiger partial charge in [0.15, 0.2) is 0 Å². The minimum Gasteiger partial charge on any atom is -0.444 e. The lowest BCUT2D eigenvalue weighted by atomic mass is 9.96. The summed E-state index contributed by atoms with van der Waals surface area (Å²) in [5, 5.41) is 8.42. The van der Waals surface area contributed by atoms with Crippen molar-refractivity contribution < 1.29 is 19.1 Å². The average Bonchev–Trinajstić information content (AvgIpc) is 2.73. The predicted octanol–water partition coefficient (Wildman–Crippen LogP) is 4.92. The molecule has 2 aromatic carbocycles. The van der Waals surface area contributed by atoms with Gasteiger partial charge in [-0.3, -0.25) is 4.79 Å². The van der Waals surface area contributed by atoms with Crippen LogP contribution in [0.4, 0.5) is 26.7 Å². The summed E-state index contributed by atoms with van der Waals surface area (Å²) in [5.41, 5.74) is 1.31. The summed E-state index contributed by atoms with van der Waals surface area (Å²) < 4.78 is 5.40. The van der Waals surface area contributed by atoms with Crippen LogP contribution in [0.1, 0.15) is 33.6 Å². The van der Waals surface area contributed by atoms with Crippen LogP contribution in [0.5, 0.6) is 0 Å². The lowest BCUT2D eigenvalue weighted by molar-refractivity contribution is -0.121. The second-order valence-electron chi connectivity index (χ2n) is 8.76. The Hall–Kier alpha value is -3.55. The Balaban J connectivity index is 1.49. The van der Waals surface area contributed by atoms with Gasteiger partial charge in [0, 0.05) is 36.1 Å². The normalized spacial score (nSPS) is 14.4. The zero-order valence-corrected chi connectivity index (χ0v) is 18.7. The second kappa shape index (κ2) is 10.2. The molecular formula is C24H30N4O4. The molecule has 8 nitrogen and oxygen atoms in total. The molecule has 0 radical (unpaired) electrons. The van der Waals surface area contributed by atoms with Gasteiger partial charge in [0.25, 0.3) is 0 Å². The quantitative estimate of drug-likeness (QED) is 0.631. The Morgan fingerprint density at radius 2 is 1.41 bits per heavy atom. The molecule has 0 atom stereocenters. The van der Waals surface area contributed by atoms with Crippen molar-refractivity contribution in [2.75, 3.05) is 29.0 Å². The summed E-state index contributed by atoms with van der Waals surface area (Å²) in [7, 11) is 0. The smallest absolute Gasteiger partial charge is 0.410 e. The first kappa shape index (κ1) is 23.1. The van der Waals surface area contributed by atoms with E-state index in [1.165, 1.54) is 0 Å². The second-order valence-corrected chi connectivity index (χ2v) is 8.76. The number of anilines is 3. The predicted molar refractivity (Wildman–Crippen MR) is 125 cm³/mol. The molecule has 1 aliphatic rings. The Labute approximate surface area is 188 Å². The summed E-state index contributed by atoms with van der Waals surface area (Å²) in [4.78, 5) is 38.7. The first-order valence-corrected chi connectivity index (χ1v) is 10.7. The standard InChI is InChI=1S/C24H30N4O4/c1-24(2,3)32-23(31)28-14-12-17(13-15-28)21(29)25-19-10-7-11-20(16-19)27-22(30)26-18-8-5-4-6-9-18/h4-11,16-17H,12-15H2,1-3H3,(H,25,29)(H2,26,27,30). The number of urea groups is 1. The number of piperidine rings is 1. The highest BCUT2D eigenvalue weighted by molar-refractivity contribution is 6.00. The SMILES string of the molecule is CC(C)(C)OC(=O)N1CCC(C(=O)Nc2cccc(NC(=O)Nc3ccccc3)c2)CC1. The van der Waals surface area contributed by atoms with Crippen LogP contribution in [0.3, 0.4) is 0 Å². The molecule has 0 aromatic heterocycles. The zero-order chi connectivity index (χ0) is 23.1. The highest BCUT2D eigenvalue weighted by Crippen LogP contribution is 2.22. The maximum Gasteiger partial charge on any atom is 0.410 e. The van der Waals surface area contributed by atoms with E-state index in [2.05, 4.69) is 16.0 Å². The van der Waals surface area contributed by atoms with Gasteiger partial charge in [-0.15, -0.1) is 0 Å². The van der Waals surface area contributed by atoms with Crippen LogP contribution >= 0.6 is 0 Å². The number of hydrogen-bond donors (Lipinski definition) is 3. The molecule has 1 fully saturated rings. The molecular weight excluding hydrogens is 408 g/mol. The molecule has 0 saturated carbocycles. The highest BCUT2D eigenvalue weighted by atomic mass is 16.6. The van der Waals surface area contributed by atoms with Crippen molar-refractivity contribution in [3.05, 3.63) is 54.6 Å². The number of hydrogen-bond acceptors (Lipinski definition) is 4. The van der Waals surface area contributed by atoms with Crippen molar-refractivity contribution in [1.29, 1.82) is 0 Å². The van der Waals surface area contributed by atoms with Crippen molar-refractivity contribution >= 4 is 35.1 Å². The largest absolute Gasteiger partial charge is 0.444 e. The van der Waals surface area contributed by atoms with Gasteiger partial charge in [-0.05, 0) is 63.9 Å². The third-order valence-electron chi connectivity index (χ3n) is 4.94. The minimum atomic E-state index is -0.539. The molecule has 3 rings (SSSR count). The van der Waals surface area contributed by atoms with Crippen LogP contribution in [0, 0.1) is 5.92 Å². The van der Waals surface area contributed by atoms with E-state index in [0.717, 1.165) is 0 Å². The number of carbonyl (C=O) groups is 3. The Morgan fingerprint density at radius 1 is 0.844 bits per heavy atom. The van der Waals surface area contributed by atoms with Gasteiger partial charge in [0.1, 0.15) is 5.60 Å². The summed E-state index contributed by atoms with van der Waals surface area (Å²) in [5.74, 6) is -0.286. The van der Waals surface area contributed by atoms with Crippen LogP contribution in [0.25, 0.3) is 0 Å². The van der Waals surface area contributed by atoms with Gasteiger partial charge in [-0.2, -0.15) is 0 Å². The summed E-state index contributed by atoms with van der Waals surface area (Å²) in [6.45, 7) is 6.46. The van der Waals surface area contributed by atoms with E-state index in [1.54, 1.807) is 41.3 Å². The molecule has 1 aliphatic heterocycles. The molecule has 0 unspecified atom stereocenters. The third-order valence-corrected chi connectivity index (χ3v) is 4.94. The van der Waals surface area contributed by atoms with Gasteiger partial charge in [0.05, 0.1) is 0 Å². The lowest BCUT2D eigenvalue weighted by Crippen LogP contribution is -2.43. The Bertz CT molecular complexity index is 948. The van der Waals surface area contributed by atoms with E-state index in [9.17, 15) is 14.4 Å². The van der Waals surface area contributed by atoms with E-state index >= 15 is 0 Å². The van der Waals surface area contributed by atoms with Crippen molar-refractivity contribution in [2.24, 2.45) is 5.92 Å². The monoisotopic (exact) mass is 438 g/mol. The van der Waals surface area contributed by atoms with E-state index in [1.807, 2.05) is 39.0 Å². The van der Waals surface area contributed by atoms with Crippen molar-refractivity contribution in [2.45, 2.75) is 39.2 Å². The molecule has 170 valence electrons. The summed E-state index contributed by atoms with van der Waals surface area (Å²) in [6.07, 6.45) is 0.800. The van der Waals surface area contributed by atoms with Gasteiger partial charge in [0.2, 0.25) is 5.91 Å². The van der Waals surface area contributed by atoms with Gasteiger partial charge < -0.3 is 25.6 Å². The fourth-order valence-electron chi connectivity index (χ4n) is 3.38. The molecule has 3 N–H and O–H groups in total. The molecule has 0 bridgehead atoms. The lowest BCUT2D eigenvalue weighted by Gasteiger charge is -2.32. The molecule has 1 heterocycles.